The van der Waals surface area contributed by atoms with Crippen LogP contribution in [0, 0.1) is 0 Å². The van der Waals surface area contributed by atoms with Crippen molar-refractivity contribution in [3.05, 3.63) is 54.1 Å². The average Bonchev–Trinajstić information content (AvgIpc) is 2.45. The fraction of sp³-hybridized carbons (Fsp3) is 0. The summed E-state index contributed by atoms with van der Waals surface area (Å²) in [5.41, 5.74) is 1.92. The lowest BCUT2D eigenvalue weighted by Crippen LogP contribution is -1.91. The fourth-order valence-electron chi connectivity index (χ4n) is 1.65. The maximum absolute atomic E-state index is 5.85. The monoisotopic (exact) mass is 321 g/mol. The van der Waals surface area contributed by atoms with Gasteiger partial charge >= 0.3 is 0 Å². The molecule has 2 nitrogen and oxygen atoms in total. The fourth-order valence-corrected chi connectivity index (χ4v) is 2.35. The smallest absolute Gasteiger partial charge is 0.153 e. The lowest BCUT2D eigenvalue weighted by atomic mass is 10.2. The van der Waals surface area contributed by atoms with Gasteiger partial charge in [-0.25, -0.2) is 4.99 Å². The molecule has 1 heterocycles. The molecule has 78 valence electrons. The molecule has 1 aliphatic heterocycles. The number of rotatable bonds is 0. The van der Waals surface area contributed by atoms with Crippen molar-refractivity contribution in [1.82, 2.24) is 0 Å². The van der Waals surface area contributed by atoms with Crippen LogP contribution in [0.2, 0.25) is 0 Å². The summed E-state index contributed by atoms with van der Waals surface area (Å²) in [6.07, 6.45) is 0. The average molecular weight is 321 g/mol. The predicted molar refractivity (Wildman–Crippen MR) is 73.2 cm³/mol. The van der Waals surface area contributed by atoms with Crippen molar-refractivity contribution < 1.29 is 4.74 Å². The molecule has 0 aromatic heterocycles. The standard InChI is InChI=1S/C13H8INO/c14-13-9-5-1-3-7-11(9)16-12-8-4-2-6-10(12)15-13/h1-8H. The van der Waals surface area contributed by atoms with E-state index in [9.17, 15) is 0 Å². The number of halogens is 1. The van der Waals surface area contributed by atoms with E-state index in [-0.39, 0.29) is 0 Å². The van der Waals surface area contributed by atoms with Gasteiger partial charge < -0.3 is 4.74 Å². The van der Waals surface area contributed by atoms with Crippen LogP contribution in [0.25, 0.3) is 0 Å². The highest BCUT2D eigenvalue weighted by molar-refractivity contribution is 14.1. The Balaban J connectivity index is 2.25. The van der Waals surface area contributed by atoms with Crippen molar-refractivity contribution in [2.24, 2.45) is 4.99 Å². The summed E-state index contributed by atoms with van der Waals surface area (Å²) in [6.45, 7) is 0. The van der Waals surface area contributed by atoms with Crippen molar-refractivity contribution in [1.29, 1.82) is 0 Å². The highest BCUT2D eigenvalue weighted by atomic mass is 127. The highest BCUT2D eigenvalue weighted by Crippen LogP contribution is 2.38. The summed E-state index contributed by atoms with van der Waals surface area (Å²) in [7, 11) is 0. The molecule has 3 rings (SSSR count). The second-order valence-electron chi connectivity index (χ2n) is 3.47. The summed E-state index contributed by atoms with van der Waals surface area (Å²) in [4.78, 5) is 4.56. The largest absolute Gasteiger partial charge is 0.454 e. The van der Waals surface area contributed by atoms with Crippen LogP contribution in [0.1, 0.15) is 5.56 Å². The first-order valence-electron chi connectivity index (χ1n) is 4.95. The van der Waals surface area contributed by atoms with Crippen LogP contribution in [0.15, 0.2) is 53.5 Å². The topological polar surface area (TPSA) is 21.6 Å². The van der Waals surface area contributed by atoms with Crippen LogP contribution < -0.4 is 4.74 Å². The minimum absolute atomic E-state index is 0.807. The van der Waals surface area contributed by atoms with Gasteiger partial charge in [-0.3, -0.25) is 0 Å². The number of benzene rings is 2. The van der Waals surface area contributed by atoms with Crippen molar-refractivity contribution in [2.45, 2.75) is 0 Å². The number of nitrogens with zero attached hydrogens (tertiary/aromatic N) is 1. The molecule has 0 aliphatic carbocycles. The molecule has 0 atom stereocenters. The van der Waals surface area contributed by atoms with Crippen LogP contribution in [-0.2, 0) is 0 Å². The molecule has 0 spiro atoms. The van der Waals surface area contributed by atoms with E-state index in [0.717, 1.165) is 26.5 Å². The normalized spacial score (nSPS) is 12.9. The lowest BCUT2D eigenvalue weighted by molar-refractivity contribution is 0.485. The first kappa shape index (κ1) is 9.84. The second-order valence-corrected chi connectivity index (χ2v) is 4.49. The van der Waals surface area contributed by atoms with Crippen LogP contribution in [0.5, 0.6) is 11.5 Å². The van der Waals surface area contributed by atoms with Crippen LogP contribution in [-0.4, -0.2) is 3.72 Å². The van der Waals surface area contributed by atoms with Crippen LogP contribution in [0.4, 0.5) is 5.69 Å². The highest BCUT2D eigenvalue weighted by Gasteiger charge is 2.14. The molecule has 2 aromatic rings. The summed E-state index contributed by atoms with van der Waals surface area (Å²) in [5, 5.41) is 0. The first-order valence-corrected chi connectivity index (χ1v) is 6.03. The third kappa shape index (κ3) is 1.61. The predicted octanol–water partition coefficient (Wildman–Crippen LogP) is 4.31. The molecule has 16 heavy (non-hydrogen) atoms. The van der Waals surface area contributed by atoms with E-state index in [0.29, 0.717) is 0 Å². The quantitative estimate of drug-likeness (QED) is 0.663. The maximum atomic E-state index is 5.85. The van der Waals surface area contributed by atoms with Gasteiger partial charge in [0.1, 0.15) is 15.2 Å². The molecule has 1 aliphatic rings. The van der Waals surface area contributed by atoms with E-state index in [1.807, 2.05) is 48.5 Å². The van der Waals surface area contributed by atoms with Gasteiger partial charge in [-0.05, 0) is 46.9 Å². The second kappa shape index (κ2) is 3.90. The van der Waals surface area contributed by atoms with Crippen molar-refractivity contribution in [3.63, 3.8) is 0 Å². The Bertz CT molecular complexity index is 578. The Morgan fingerprint density at radius 1 is 0.875 bits per heavy atom. The number of para-hydroxylation sites is 3. The first-order chi connectivity index (χ1) is 7.84. The zero-order chi connectivity index (χ0) is 11.0. The SMILES string of the molecule is IC1=Nc2ccccc2Oc2ccccc21. The van der Waals surface area contributed by atoms with Crippen LogP contribution >= 0.6 is 22.6 Å². The summed E-state index contributed by atoms with van der Waals surface area (Å²) in [5.74, 6) is 1.67. The molecule has 0 fully saturated rings. The molecule has 0 unspecified atom stereocenters. The molecule has 0 amide bonds. The van der Waals surface area contributed by atoms with E-state index < -0.39 is 0 Å². The summed E-state index contributed by atoms with van der Waals surface area (Å²) in [6, 6.07) is 15.8. The van der Waals surface area contributed by atoms with Crippen molar-refractivity contribution in [3.8, 4) is 11.5 Å². The van der Waals surface area contributed by atoms with E-state index in [1.165, 1.54) is 0 Å². The van der Waals surface area contributed by atoms with Crippen molar-refractivity contribution in [2.75, 3.05) is 0 Å². The van der Waals surface area contributed by atoms with Gasteiger partial charge in [0.25, 0.3) is 0 Å². The Morgan fingerprint density at radius 2 is 1.56 bits per heavy atom. The Morgan fingerprint density at radius 3 is 2.44 bits per heavy atom. The van der Waals surface area contributed by atoms with E-state index in [4.69, 9.17) is 4.74 Å². The van der Waals surface area contributed by atoms with E-state index in [1.54, 1.807) is 0 Å². The lowest BCUT2D eigenvalue weighted by Gasteiger charge is -2.06. The number of aliphatic imine (C=N–C) groups is 1. The number of ether oxygens (including phenoxy) is 1. The Hall–Kier alpha value is -1.36. The van der Waals surface area contributed by atoms with Gasteiger partial charge in [-0.15, -0.1) is 0 Å². The molecule has 0 bridgehead atoms. The Labute approximate surface area is 107 Å². The van der Waals surface area contributed by atoms with E-state index >= 15 is 0 Å². The third-order valence-electron chi connectivity index (χ3n) is 2.41. The van der Waals surface area contributed by atoms with Gasteiger partial charge in [0.2, 0.25) is 0 Å². The third-order valence-corrected chi connectivity index (χ3v) is 3.24. The summed E-state index contributed by atoms with van der Waals surface area (Å²) >= 11 is 2.24. The maximum Gasteiger partial charge on any atom is 0.153 e. The molecule has 0 radical (unpaired) electrons. The molecular formula is C13H8INO. The molecule has 0 saturated carbocycles. The van der Waals surface area contributed by atoms with Gasteiger partial charge in [0.15, 0.2) is 5.75 Å². The summed E-state index contributed by atoms with van der Waals surface area (Å²) < 4.78 is 6.81. The number of hydrogen-bond donors (Lipinski definition) is 0. The zero-order valence-electron chi connectivity index (χ0n) is 8.35. The minimum Gasteiger partial charge on any atom is -0.454 e. The molecule has 3 heteroatoms. The number of hydrogen-bond acceptors (Lipinski definition) is 2. The molecule has 0 N–H and O–H groups in total. The molecule has 0 saturated heterocycles. The van der Waals surface area contributed by atoms with Gasteiger partial charge in [-0.2, -0.15) is 0 Å². The van der Waals surface area contributed by atoms with Gasteiger partial charge in [0.05, 0.1) is 0 Å². The minimum atomic E-state index is 0.807. The Kier molecular flexibility index (Phi) is 2.40. The van der Waals surface area contributed by atoms with E-state index in [2.05, 4.69) is 27.6 Å². The number of fused-ring (bicyclic) bond motifs is 2. The zero-order valence-corrected chi connectivity index (χ0v) is 10.5. The van der Waals surface area contributed by atoms with Crippen molar-refractivity contribution >= 4 is 32.0 Å². The van der Waals surface area contributed by atoms with Crippen LogP contribution in [0.3, 0.4) is 0 Å². The van der Waals surface area contributed by atoms with Gasteiger partial charge in [0, 0.05) is 5.56 Å². The molecule has 2 aromatic carbocycles. The van der Waals surface area contributed by atoms with Gasteiger partial charge in [-0.1, -0.05) is 24.3 Å². The molecular weight excluding hydrogens is 313 g/mol.